The van der Waals surface area contributed by atoms with Crippen molar-refractivity contribution in [1.82, 2.24) is 10.3 Å². The van der Waals surface area contributed by atoms with Crippen LogP contribution in [0, 0.1) is 0 Å². The van der Waals surface area contributed by atoms with E-state index in [1.54, 1.807) is 18.9 Å². The molecule has 2 fully saturated rings. The van der Waals surface area contributed by atoms with E-state index in [1.165, 1.54) is 17.9 Å². The predicted octanol–water partition coefficient (Wildman–Crippen LogP) is 5.22. The van der Waals surface area contributed by atoms with E-state index in [1.807, 2.05) is 42.5 Å². The van der Waals surface area contributed by atoms with E-state index >= 15 is 0 Å². The fourth-order valence-electron chi connectivity index (χ4n) is 5.49. The van der Waals surface area contributed by atoms with E-state index in [4.69, 9.17) is 19.3 Å². The van der Waals surface area contributed by atoms with E-state index in [2.05, 4.69) is 5.32 Å². The van der Waals surface area contributed by atoms with Crippen molar-refractivity contribution in [3.63, 3.8) is 0 Å². The lowest BCUT2D eigenvalue weighted by Gasteiger charge is -2.28. The van der Waals surface area contributed by atoms with E-state index in [-0.39, 0.29) is 24.3 Å². The van der Waals surface area contributed by atoms with Crippen LogP contribution in [0.1, 0.15) is 69.4 Å². The van der Waals surface area contributed by atoms with E-state index < -0.39 is 0 Å². The van der Waals surface area contributed by atoms with Crippen LogP contribution in [0.25, 0.3) is 0 Å². The highest BCUT2D eigenvalue weighted by molar-refractivity contribution is 6.04. The Kier molecular flexibility index (Phi) is 8.66. The molecule has 3 aliphatic rings. The molecule has 0 radical (unpaired) electrons. The third-order valence-electron chi connectivity index (χ3n) is 7.55. The number of amides is 2. The first-order chi connectivity index (χ1) is 19.1. The monoisotopic (exact) mass is 534 g/mol. The molecule has 1 atom stereocenters. The van der Waals surface area contributed by atoms with Crippen molar-refractivity contribution in [3.05, 3.63) is 53.6 Å². The van der Waals surface area contributed by atoms with Crippen LogP contribution in [0.3, 0.4) is 0 Å². The van der Waals surface area contributed by atoms with Gasteiger partial charge in [-0.2, -0.15) is 5.10 Å². The maximum absolute atomic E-state index is 12.8. The third-order valence-corrected chi connectivity index (χ3v) is 7.55. The normalized spacial score (nSPS) is 19.6. The quantitative estimate of drug-likeness (QED) is 0.475. The molecule has 2 amide bonds. The minimum atomic E-state index is -0.360. The Bertz CT molecular complexity index is 1190. The molecule has 2 aromatic carbocycles. The highest BCUT2D eigenvalue weighted by Gasteiger charge is 2.29. The molecular formula is C30H38N4O5. The second-order valence-corrected chi connectivity index (χ2v) is 10.2. The molecule has 9 heteroatoms. The van der Waals surface area contributed by atoms with Crippen LogP contribution < -0.4 is 19.7 Å². The molecule has 1 N–H and O–H groups in total. The minimum absolute atomic E-state index is 0.0120. The van der Waals surface area contributed by atoms with Gasteiger partial charge in [0.2, 0.25) is 5.91 Å². The van der Waals surface area contributed by atoms with Crippen LogP contribution in [-0.4, -0.2) is 55.3 Å². The summed E-state index contributed by atoms with van der Waals surface area (Å²) >= 11 is 0. The Morgan fingerprint density at radius 3 is 2.54 bits per heavy atom. The van der Waals surface area contributed by atoms with Gasteiger partial charge in [0, 0.05) is 24.1 Å². The molecule has 39 heavy (non-hydrogen) atoms. The molecule has 1 saturated heterocycles. The number of hydrazone groups is 1. The summed E-state index contributed by atoms with van der Waals surface area (Å²) in [6, 6.07) is 13.6. The predicted molar refractivity (Wildman–Crippen MR) is 149 cm³/mol. The van der Waals surface area contributed by atoms with Gasteiger partial charge in [-0.3, -0.25) is 15.0 Å². The van der Waals surface area contributed by atoms with Gasteiger partial charge in [0.25, 0.3) is 0 Å². The molecule has 9 nitrogen and oxygen atoms in total. The average molecular weight is 535 g/mol. The Labute approximate surface area is 230 Å². The number of nitrogens with one attached hydrogen (secondary N) is 1. The number of rotatable bonds is 9. The van der Waals surface area contributed by atoms with Gasteiger partial charge >= 0.3 is 6.09 Å². The van der Waals surface area contributed by atoms with Gasteiger partial charge in [-0.05, 0) is 87.9 Å². The minimum Gasteiger partial charge on any atom is -0.493 e. The summed E-state index contributed by atoms with van der Waals surface area (Å²) in [6.45, 7) is 3.35. The number of carbonyl (C=O) groups excluding carboxylic acids is 2. The van der Waals surface area contributed by atoms with Crippen LogP contribution in [0.15, 0.2) is 47.6 Å². The molecule has 0 bridgehead atoms. The van der Waals surface area contributed by atoms with Crippen molar-refractivity contribution in [2.45, 2.75) is 77.1 Å². The van der Waals surface area contributed by atoms with Gasteiger partial charge in [0.1, 0.15) is 0 Å². The second-order valence-electron chi connectivity index (χ2n) is 10.2. The van der Waals surface area contributed by atoms with Gasteiger partial charge in [0.15, 0.2) is 11.5 Å². The zero-order valence-corrected chi connectivity index (χ0v) is 22.9. The smallest absolute Gasteiger partial charge is 0.415 e. The number of carbonyl (C=O) groups is 2. The summed E-state index contributed by atoms with van der Waals surface area (Å²) in [5, 5.41) is 9.65. The zero-order valence-electron chi connectivity index (χ0n) is 22.9. The standard InChI is InChI=1S/C30H38N4O5/c1-3-38-30(36)34(28-9-6-18-31-28)23-13-10-21(11-14-23)20-33-29(35)17-15-25(32-33)22-12-16-26(37-2)27(19-22)39-24-7-4-5-8-24/h10-14,16,19,24,28,31H,3-9,15,17-18,20H2,1-2H3. The van der Waals surface area contributed by atoms with Crippen molar-refractivity contribution in [3.8, 4) is 11.5 Å². The zero-order chi connectivity index (χ0) is 27.2. The van der Waals surface area contributed by atoms with Gasteiger partial charge < -0.3 is 14.2 Å². The first kappa shape index (κ1) is 27.0. The summed E-state index contributed by atoms with van der Waals surface area (Å²) in [7, 11) is 1.65. The number of ether oxygens (including phenoxy) is 3. The number of anilines is 1. The number of methoxy groups -OCH3 is 1. The van der Waals surface area contributed by atoms with Crippen molar-refractivity contribution >= 4 is 23.4 Å². The van der Waals surface area contributed by atoms with Crippen molar-refractivity contribution < 1.29 is 23.8 Å². The molecule has 2 heterocycles. The van der Waals surface area contributed by atoms with Crippen LogP contribution in [0.2, 0.25) is 0 Å². The first-order valence-electron chi connectivity index (χ1n) is 14.1. The van der Waals surface area contributed by atoms with E-state index in [0.717, 1.165) is 60.5 Å². The highest BCUT2D eigenvalue weighted by Crippen LogP contribution is 2.33. The first-order valence-corrected chi connectivity index (χ1v) is 14.1. The topological polar surface area (TPSA) is 92.7 Å². The molecule has 0 aromatic heterocycles. The second kappa shape index (κ2) is 12.5. The van der Waals surface area contributed by atoms with Crippen LogP contribution in [-0.2, 0) is 16.1 Å². The summed E-state index contributed by atoms with van der Waals surface area (Å²) in [4.78, 5) is 27.1. The lowest BCUT2D eigenvalue weighted by Crippen LogP contribution is -2.46. The largest absolute Gasteiger partial charge is 0.493 e. The Hall–Kier alpha value is -3.59. The fourth-order valence-corrected chi connectivity index (χ4v) is 5.49. The van der Waals surface area contributed by atoms with Gasteiger partial charge in [0.05, 0.1) is 38.2 Å². The molecule has 2 aliphatic heterocycles. The lowest BCUT2D eigenvalue weighted by atomic mass is 10.0. The van der Waals surface area contributed by atoms with Gasteiger partial charge in [-0.25, -0.2) is 9.80 Å². The van der Waals surface area contributed by atoms with Crippen LogP contribution >= 0.6 is 0 Å². The molecule has 208 valence electrons. The summed E-state index contributed by atoms with van der Waals surface area (Å²) < 4.78 is 17.1. The molecular weight excluding hydrogens is 496 g/mol. The Balaban J connectivity index is 1.32. The number of hydrogen-bond donors (Lipinski definition) is 1. The van der Waals surface area contributed by atoms with Gasteiger partial charge in [-0.1, -0.05) is 12.1 Å². The molecule has 1 saturated carbocycles. The maximum Gasteiger partial charge on any atom is 0.415 e. The lowest BCUT2D eigenvalue weighted by molar-refractivity contribution is -0.132. The van der Waals surface area contributed by atoms with Crippen molar-refractivity contribution in [2.75, 3.05) is 25.2 Å². The number of benzene rings is 2. The maximum atomic E-state index is 12.8. The summed E-state index contributed by atoms with van der Waals surface area (Å²) in [5.74, 6) is 1.42. The summed E-state index contributed by atoms with van der Waals surface area (Å²) in [6.07, 6.45) is 7.13. The highest BCUT2D eigenvalue weighted by atomic mass is 16.6. The fraction of sp³-hybridized carbons (Fsp3) is 0.500. The van der Waals surface area contributed by atoms with Crippen molar-refractivity contribution in [1.29, 1.82) is 0 Å². The molecule has 1 aliphatic carbocycles. The Morgan fingerprint density at radius 1 is 1.05 bits per heavy atom. The summed E-state index contributed by atoms with van der Waals surface area (Å²) in [5.41, 5.74) is 3.48. The molecule has 5 rings (SSSR count). The molecule has 0 spiro atoms. The van der Waals surface area contributed by atoms with E-state index in [0.29, 0.717) is 31.7 Å². The third kappa shape index (κ3) is 6.36. The van der Waals surface area contributed by atoms with Crippen molar-refractivity contribution in [2.24, 2.45) is 5.10 Å². The SMILES string of the molecule is CCOC(=O)N(c1ccc(CN2N=C(c3ccc(OC)c(OC4CCCC4)c3)CCC2=O)cc1)C1CCCN1. The number of hydrogen-bond acceptors (Lipinski definition) is 7. The Morgan fingerprint density at radius 2 is 1.85 bits per heavy atom. The number of nitrogens with zero attached hydrogens (tertiary/aromatic N) is 3. The van der Waals surface area contributed by atoms with E-state index in [9.17, 15) is 9.59 Å². The van der Waals surface area contributed by atoms with Crippen LogP contribution in [0.4, 0.5) is 10.5 Å². The van der Waals surface area contributed by atoms with Gasteiger partial charge in [-0.15, -0.1) is 0 Å². The van der Waals surface area contributed by atoms with Crippen LogP contribution in [0.5, 0.6) is 11.5 Å². The molecule has 2 aromatic rings. The average Bonchev–Trinajstić information content (AvgIpc) is 3.66. The molecule has 1 unspecified atom stereocenters.